The van der Waals surface area contributed by atoms with Crippen molar-refractivity contribution in [3.8, 4) is 0 Å². The normalized spacial score (nSPS) is 27.5. The Bertz CT molecular complexity index is 381. The van der Waals surface area contributed by atoms with E-state index in [0.29, 0.717) is 4.74 Å². The molecule has 19 heavy (non-hydrogen) atoms. The summed E-state index contributed by atoms with van der Waals surface area (Å²) in [4.78, 5) is 13.8. The van der Waals surface area contributed by atoms with Crippen molar-refractivity contribution in [2.45, 2.75) is 65.0 Å². The lowest BCUT2D eigenvalue weighted by Crippen LogP contribution is -2.51. The smallest absolute Gasteiger partial charge is 0.413 e. The molecular formula is C13H24N2O4. The third kappa shape index (κ3) is 3.83. The fourth-order valence-corrected chi connectivity index (χ4v) is 2.21. The molecule has 0 radical (unpaired) electrons. The van der Waals surface area contributed by atoms with Gasteiger partial charge in [0.25, 0.3) is 0 Å². The van der Waals surface area contributed by atoms with E-state index in [1.165, 1.54) is 18.2 Å². The van der Waals surface area contributed by atoms with Gasteiger partial charge in [-0.05, 0) is 41.5 Å². The van der Waals surface area contributed by atoms with Crippen LogP contribution in [-0.4, -0.2) is 52.5 Å². The maximum absolute atomic E-state index is 12.3. The third-order valence-corrected chi connectivity index (χ3v) is 2.79. The number of carbonyl (C=O) groups excluding carboxylic acids is 1. The molecule has 1 fully saturated rings. The minimum Gasteiger partial charge on any atom is -0.624 e. The Morgan fingerprint density at radius 1 is 1.47 bits per heavy atom. The van der Waals surface area contributed by atoms with E-state index in [0.717, 1.165) is 0 Å². The summed E-state index contributed by atoms with van der Waals surface area (Å²) in [5.74, 6) is 0. The highest BCUT2D eigenvalue weighted by Crippen LogP contribution is 2.32. The maximum atomic E-state index is 12.3. The van der Waals surface area contributed by atoms with Crippen molar-refractivity contribution in [1.82, 2.24) is 4.90 Å². The van der Waals surface area contributed by atoms with Gasteiger partial charge in [-0.15, -0.1) is 0 Å². The quantitative estimate of drug-likeness (QED) is 0.317. The summed E-state index contributed by atoms with van der Waals surface area (Å²) in [5.41, 5.74) is -1.40. The Morgan fingerprint density at radius 2 is 2.00 bits per heavy atom. The largest absolute Gasteiger partial charge is 0.624 e. The van der Waals surface area contributed by atoms with E-state index in [1.54, 1.807) is 34.6 Å². The topological polar surface area (TPSA) is 64.8 Å². The molecule has 0 saturated carbocycles. The molecular weight excluding hydrogens is 248 g/mol. The molecule has 0 N–H and O–H groups in total. The van der Waals surface area contributed by atoms with Crippen LogP contribution in [0.3, 0.4) is 0 Å². The summed E-state index contributed by atoms with van der Waals surface area (Å²) in [6.45, 7) is 10.8. The number of hydroxylamine groups is 1. The average molecular weight is 272 g/mol. The fraction of sp³-hybridized carbons (Fsp3) is 0.846. The van der Waals surface area contributed by atoms with Crippen molar-refractivity contribution in [3.63, 3.8) is 0 Å². The van der Waals surface area contributed by atoms with Gasteiger partial charge in [-0.1, -0.05) is 0 Å². The molecule has 0 aliphatic carbocycles. The van der Waals surface area contributed by atoms with Gasteiger partial charge >= 0.3 is 6.09 Å². The van der Waals surface area contributed by atoms with Crippen LogP contribution < -0.4 is 0 Å². The molecule has 1 rings (SSSR count). The molecule has 6 nitrogen and oxygen atoms in total. The van der Waals surface area contributed by atoms with Crippen LogP contribution >= 0.6 is 0 Å². The molecule has 0 spiro atoms. The monoisotopic (exact) mass is 272 g/mol. The van der Waals surface area contributed by atoms with E-state index in [4.69, 9.17) is 9.47 Å². The fourth-order valence-electron chi connectivity index (χ4n) is 2.21. The van der Waals surface area contributed by atoms with E-state index in [1.807, 2.05) is 6.92 Å². The summed E-state index contributed by atoms with van der Waals surface area (Å²) >= 11 is 0. The van der Waals surface area contributed by atoms with E-state index >= 15 is 0 Å². The molecule has 110 valence electrons. The second-order valence-corrected chi connectivity index (χ2v) is 6.31. The van der Waals surface area contributed by atoms with E-state index in [-0.39, 0.29) is 6.10 Å². The van der Waals surface area contributed by atoms with Crippen LogP contribution in [-0.2, 0) is 9.47 Å². The first-order valence-corrected chi connectivity index (χ1v) is 6.39. The Balaban J connectivity index is 3.04. The van der Waals surface area contributed by atoms with Crippen LogP contribution in [0.2, 0.25) is 0 Å². The van der Waals surface area contributed by atoms with Gasteiger partial charge in [-0.2, -0.15) is 0 Å². The molecule has 2 atom stereocenters. The first-order chi connectivity index (χ1) is 8.44. The Labute approximate surface area is 114 Å². The summed E-state index contributed by atoms with van der Waals surface area (Å²) < 4.78 is 11.8. The molecule has 0 aromatic carbocycles. The van der Waals surface area contributed by atoms with Gasteiger partial charge in [0.2, 0.25) is 0 Å². The van der Waals surface area contributed by atoms with Crippen molar-refractivity contribution < 1.29 is 19.0 Å². The zero-order chi connectivity index (χ0) is 15.0. The van der Waals surface area contributed by atoms with Crippen LogP contribution in [0.15, 0.2) is 0 Å². The second-order valence-electron chi connectivity index (χ2n) is 6.31. The number of nitrogens with zero attached hydrogens (tertiary/aromatic N) is 2. The van der Waals surface area contributed by atoms with Crippen LogP contribution in [0, 0.1) is 5.21 Å². The predicted molar refractivity (Wildman–Crippen MR) is 72.1 cm³/mol. The molecule has 0 aromatic rings. The summed E-state index contributed by atoms with van der Waals surface area (Å²) in [7, 11) is 1.38. The average Bonchev–Trinajstić information content (AvgIpc) is 2.31. The van der Waals surface area contributed by atoms with Crippen molar-refractivity contribution in [2.75, 3.05) is 7.05 Å². The molecule has 0 bridgehead atoms. The van der Waals surface area contributed by atoms with Crippen molar-refractivity contribution in [3.05, 3.63) is 5.21 Å². The maximum Gasteiger partial charge on any atom is 0.413 e. The lowest BCUT2D eigenvalue weighted by atomic mass is 10.1. The molecule has 0 aromatic heterocycles. The number of hydrogen-bond acceptors (Lipinski definition) is 4. The summed E-state index contributed by atoms with van der Waals surface area (Å²) in [6, 6.07) is -0.438. The molecule has 1 amide bonds. The van der Waals surface area contributed by atoms with Crippen molar-refractivity contribution in [1.29, 1.82) is 0 Å². The predicted octanol–water partition coefficient (Wildman–Crippen LogP) is 1.96. The van der Waals surface area contributed by atoms with Crippen LogP contribution in [0.25, 0.3) is 0 Å². The van der Waals surface area contributed by atoms with Gasteiger partial charge in [-0.25, -0.2) is 9.53 Å². The number of amides is 1. The Kier molecular flexibility index (Phi) is 4.14. The minimum absolute atomic E-state index is 0.265. The van der Waals surface area contributed by atoms with Gasteiger partial charge in [0.05, 0.1) is 6.10 Å². The molecule has 1 aliphatic heterocycles. The van der Waals surface area contributed by atoms with Crippen LogP contribution in [0.5, 0.6) is 0 Å². The van der Waals surface area contributed by atoms with Crippen molar-refractivity contribution in [2.24, 2.45) is 0 Å². The van der Waals surface area contributed by atoms with Gasteiger partial charge in [0.1, 0.15) is 24.4 Å². The molecule has 1 aliphatic rings. The first kappa shape index (κ1) is 15.8. The highest BCUT2D eigenvalue weighted by Gasteiger charge is 2.50. The number of rotatable bonds is 1. The standard InChI is InChI=1S/C13H24N2O4/c1-9-10(8-14(7)17)15(13(5,6)18-9)11(16)19-12(2,3)4/h8-10H,1-7H3/b14-8-/t9-,10-/m1/s1. The van der Waals surface area contributed by atoms with Crippen LogP contribution in [0.4, 0.5) is 4.79 Å². The minimum atomic E-state index is -0.807. The highest BCUT2D eigenvalue weighted by molar-refractivity contribution is 5.76. The third-order valence-electron chi connectivity index (χ3n) is 2.79. The summed E-state index contributed by atoms with van der Waals surface area (Å²) in [5, 5.41) is 11.2. The molecule has 0 unspecified atom stereocenters. The second kappa shape index (κ2) is 5.00. The van der Waals surface area contributed by atoms with Gasteiger partial charge < -0.3 is 14.7 Å². The first-order valence-electron chi connectivity index (χ1n) is 6.39. The SMILES string of the molecule is C[C@H]1OC(C)(C)N(C(=O)OC(C)(C)C)[C@@H]1/C=[N+](/C)[O-]. The van der Waals surface area contributed by atoms with Gasteiger partial charge in [0.15, 0.2) is 6.21 Å². The lowest BCUT2D eigenvalue weighted by Gasteiger charge is -2.33. The Hall–Kier alpha value is -1.30. The Morgan fingerprint density at radius 3 is 2.42 bits per heavy atom. The number of hydrogen-bond donors (Lipinski definition) is 0. The van der Waals surface area contributed by atoms with E-state index < -0.39 is 23.5 Å². The molecule has 6 heteroatoms. The zero-order valence-electron chi connectivity index (χ0n) is 12.8. The number of ether oxygens (including phenoxy) is 2. The summed E-state index contributed by atoms with van der Waals surface area (Å²) in [6.07, 6.45) is 0.674. The van der Waals surface area contributed by atoms with Gasteiger partial charge in [0, 0.05) is 0 Å². The van der Waals surface area contributed by atoms with E-state index in [2.05, 4.69) is 0 Å². The molecule has 1 heterocycles. The van der Waals surface area contributed by atoms with E-state index in [9.17, 15) is 10.0 Å². The molecule has 1 saturated heterocycles. The van der Waals surface area contributed by atoms with Crippen molar-refractivity contribution >= 4 is 12.3 Å². The lowest BCUT2D eigenvalue weighted by molar-refractivity contribution is -0.419. The number of carbonyl (C=O) groups is 1. The van der Waals surface area contributed by atoms with Crippen LogP contribution in [0.1, 0.15) is 41.5 Å². The highest BCUT2D eigenvalue weighted by atomic mass is 16.6. The zero-order valence-corrected chi connectivity index (χ0v) is 12.8. The van der Waals surface area contributed by atoms with Gasteiger partial charge in [-0.3, -0.25) is 4.90 Å².